The molecule has 1 aliphatic carbocycles. The highest BCUT2D eigenvalue weighted by molar-refractivity contribution is 5.94. The molecule has 0 aliphatic heterocycles. The maximum atomic E-state index is 11.7. The lowest BCUT2D eigenvalue weighted by Crippen LogP contribution is -2.32. The van der Waals surface area contributed by atoms with Crippen LogP contribution in [0.4, 0.5) is 0 Å². The summed E-state index contributed by atoms with van der Waals surface area (Å²) in [5, 5.41) is 2.97. The molecule has 1 fully saturated rings. The number of nitrogens with one attached hydrogen (secondary N) is 1. The number of benzene rings is 1. The average molecular weight is 218 g/mol. The predicted octanol–water partition coefficient (Wildman–Crippen LogP) is 1.68. The van der Waals surface area contributed by atoms with Crippen LogP contribution in [0.15, 0.2) is 24.3 Å². The second-order valence-electron chi connectivity index (χ2n) is 4.41. The third-order valence-corrected chi connectivity index (χ3v) is 3.23. The molecule has 0 radical (unpaired) electrons. The molecule has 0 unspecified atom stereocenters. The van der Waals surface area contributed by atoms with Crippen LogP contribution in [0.3, 0.4) is 0 Å². The highest BCUT2D eigenvalue weighted by atomic mass is 16.1. The van der Waals surface area contributed by atoms with Gasteiger partial charge in [0.2, 0.25) is 0 Å². The summed E-state index contributed by atoms with van der Waals surface area (Å²) in [6.45, 7) is 1.33. The van der Waals surface area contributed by atoms with E-state index in [0.717, 1.165) is 17.7 Å². The fourth-order valence-corrected chi connectivity index (χ4v) is 1.83. The number of amides is 1. The Morgan fingerprint density at radius 3 is 2.50 bits per heavy atom. The zero-order valence-electron chi connectivity index (χ0n) is 9.41. The van der Waals surface area contributed by atoms with Crippen molar-refractivity contribution in [2.24, 2.45) is 11.7 Å². The first-order chi connectivity index (χ1) is 7.79. The van der Waals surface area contributed by atoms with Crippen LogP contribution in [-0.2, 0) is 6.54 Å². The van der Waals surface area contributed by atoms with Gasteiger partial charge in [-0.3, -0.25) is 4.79 Å². The zero-order valence-corrected chi connectivity index (χ0v) is 9.41. The largest absolute Gasteiger partial charge is 0.352 e. The standard InChI is InChI=1S/C13H18N2O/c14-8-10-4-6-12(7-5-10)13(16)15-9-11-2-1-3-11/h4-7,11H,1-3,8-9,14H2,(H,15,16). The van der Waals surface area contributed by atoms with Crippen LogP contribution in [-0.4, -0.2) is 12.5 Å². The van der Waals surface area contributed by atoms with Crippen LogP contribution in [0.5, 0.6) is 0 Å². The maximum Gasteiger partial charge on any atom is 0.251 e. The predicted molar refractivity (Wildman–Crippen MR) is 64.0 cm³/mol. The Hall–Kier alpha value is -1.35. The molecule has 0 atom stereocenters. The summed E-state index contributed by atoms with van der Waals surface area (Å²) in [7, 11) is 0. The molecule has 0 spiro atoms. The number of carbonyl (C=O) groups is 1. The second kappa shape index (κ2) is 5.12. The molecule has 0 heterocycles. The number of rotatable bonds is 4. The summed E-state index contributed by atoms with van der Waals surface area (Å²) in [6.07, 6.45) is 3.82. The molecule has 3 nitrogen and oxygen atoms in total. The third kappa shape index (κ3) is 2.61. The summed E-state index contributed by atoms with van der Waals surface area (Å²) in [5.41, 5.74) is 7.27. The van der Waals surface area contributed by atoms with Crippen molar-refractivity contribution in [2.75, 3.05) is 6.54 Å². The SMILES string of the molecule is NCc1ccc(C(=O)NCC2CCC2)cc1. The Balaban J connectivity index is 1.86. The number of carbonyl (C=O) groups excluding carboxylic acids is 1. The lowest BCUT2D eigenvalue weighted by molar-refractivity contribution is 0.0939. The molecular formula is C13H18N2O. The van der Waals surface area contributed by atoms with Crippen LogP contribution in [0.1, 0.15) is 35.2 Å². The third-order valence-electron chi connectivity index (χ3n) is 3.23. The smallest absolute Gasteiger partial charge is 0.251 e. The van der Waals surface area contributed by atoms with Gasteiger partial charge in [-0.15, -0.1) is 0 Å². The van der Waals surface area contributed by atoms with E-state index < -0.39 is 0 Å². The molecule has 86 valence electrons. The number of hydrogen-bond donors (Lipinski definition) is 2. The molecule has 1 aliphatic rings. The van der Waals surface area contributed by atoms with E-state index in [2.05, 4.69) is 5.32 Å². The van der Waals surface area contributed by atoms with Gasteiger partial charge in [-0.1, -0.05) is 18.6 Å². The topological polar surface area (TPSA) is 55.1 Å². The van der Waals surface area contributed by atoms with E-state index in [1.165, 1.54) is 19.3 Å². The first-order valence-corrected chi connectivity index (χ1v) is 5.87. The summed E-state index contributed by atoms with van der Waals surface area (Å²) in [6, 6.07) is 7.47. The van der Waals surface area contributed by atoms with Gasteiger partial charge in [-0.05, 0) is 36.5 Å². The molecular weight excluding hydrogens is 200 g/mol. The monoisotopic (exact) mass is 218 g/mol. The molecule has 16 heavy (non-hydrogen) atoms. The highest BCUT2D eigenvalue weighted by Gasteiger charge is 2.18. The minimum Gasteiger partial charge on any atom is -0.352 e. The second-order valence-corrected chi connectivity index (χ2v) is 4.41. The Labute approximate surface area is 96.0 Å². The van der Waals surface area contributed by atoms with E-state index >= 15 is 0 Å². The van der Waals surface area contributed by atoms with Gasteiger partial charge >= 0.3 is 0 Å². The van der Waals surface area contributed by atoms with Crippen LogP contribution < -0.4 is 11.1 Å². The lowest BCUT2D eigenvalue weighted by Gasteiger charge is -2.25. The van der Waals surface area contributed by atoms with Crippen LogP contribution in [0.25, 0.3) is 0 Å². The normalized spacial score (nSPS) is 15.6. The zero-order chi connectivity index (χ0) is 11.4. The van der Waals surface area contributed by atoms with E-state index in [1.54, 1.807) is 0 Å². The summed E-state index contributed by atoms with van der Waals surface area (Å²) in [4.78, 5) is 11.7. The van der Waals surface area contributed by atoms with Gasteiger partial charge < -0.3 is 11.1 Å². The van der Waals surface area contributed by atoms with Gasteiger partial charge in [-0.2, -0.15) is 0 Å². The van der Waals surface area contributed by atoms with Crippen LogP contribution in [0, 0.1) is 5.92 Å². The van der Waals surface area contributed by atoms with Gasteiger partial charge in [-0.25, -0.2) is 0 Å². The summed E-state index contributed by atoms with van der Waals surface area (Å²) in [5.74, 6) is 0.725. The van der Waals surface area contributed by atoms with E-state index in [1.807, 2.05) is 24.3 Å². The van der Waals surface area contributed by atoms with Crippen molar-refractivity contribution < 1.29 is 4.79 Å². The fourth-order valence-electron chi connectivity index (χ4n) is 1.83. The highest BCUT2D eigenvalue weighted by Crippen LogP contribution is 2.25. The molecule has 1 aromatic carbocycles. The van der Waals surface area contributed by atoms with Crippen molar-refractivity contribution in [2.45, 2.75) is 25.8 Å². The van der Waals surface area contributed by atoms with Gasteiger partial charge in [0.1, 0.15) is 0 Å². The van der Waals surface area contributed by atoms with E-state index in [-0.39, 0.29) is 5.91 Å². The van der Waals surface area contributed by atoms with Crippen molar-refractivity contribution in [3.63, 3.8) is 0 Å². The lowest BCUT2D eigenvalue weighted by atomic mass is 9.85. The van der Waals surface area contributed by atoms with Gasteiger partial charge in [0.05, 0.1) is 0 Å². The summed E-state index contributed by atoms with van der Waals surface area (Å²) < 4.78 is 0. The Kier molecular flexibility index (Phi) is 3.57. The van der Waals surface area contributed by atoms with E-state index in [4.69, 9.17) is 5.73 Å². The number of hydrogen-bond acceptors (Lipinski definition) is 2. The Morgan fingerprint density at radius 1 is 1.31 bits per heavy atom. The molecule has 3 N–H and O–H groups in total. The molecule has 3 heteroatoms. The molecule has 0 aromatic heterocycles. The van der Waals surface area contributed by atoms with Crippen molar-refractivity contribution in [3.8, 4) is 0 Å². The van der Waals surface area contributed by atoms with Gasteiger partial charge in [0.25, 0.3) is 5.91 Å². The van der Waals surface area contributed by atoms with Crippen LogP contribution >= 0.6 is 0 Å². The average Bonchev–Trinajstić information content (AvgIpc) is 2.27. The quantitative estimate of drug-likeness (QED) is 0.807. The van der Waals surface area contributed by atoms with Crippen molar-refractivity contribution in [1.82, 2.24) is 5.32 Å². The number of nitrogens with two attached hydrogens (primary N) is 1. The van der Waals surface area contributed by atoms with Crippen LogP contribution in [0.2, 0.25) is 0 Å². The minimum absolute atomic E-state index is 0.0236. The molecule has 1 amide bonds. The first-order valence-electron chi connectivity index (χ1n) is 5.87. The molecule has 1 saturated carbocycles. The molecule has 0 saturated heterocycles. The van der Waals surface area contributed by atoms with Crippen molar-refractivity contribution in [1.29, 1.82) is 0 Å². The van der Waals surface area contributed by atoms with Crippen molar-refractivity contribution in [3.05, 3.63) is 35.4 Å². The van der Waals surface area contributed by atoms with Gasteiger partial charge in [0, 0.05) is 18.7 Å². The van der Waals surface area contributed by atoms with Crippen molar-refractivity contribution >= 4 is 5.91 Å². The van der Waals surface area contributed by atoms with E-state index in [0.29, 0.717) is 12.5 Å². The molecule has 0 bridgehead atoms. The fraction of sp³-hybridized carbons (Fsp3) is 0.462. The van der Waals surface area contributed by atoms with Gasteiger partial charge in [0.15, 0.2) is 0 Å². The maximum absolute atomic E-state index is 11.7. The molecule has 2 rings (SSSR count). The Morgan fingerprint density at radius 2 is 2.00 bits per heavy atom. The van der Waals surface area contributed by atoms with E-state index in [9.17, 15) is 4.79 Å². The Bertz CT molecular complexity index is 355. The first kappa shape index (κ1) is 11.1. The minimum atomic E-state index is 0.0236. The summed E-state index contributed by atoms with van der Waals surface area (Å²) >= 11 is 0. The molecule has 1 aromatic rings.